The van der Waals surface area contributed by atoms with Crippen LogP contribution in [0.1, 0.15) is 42.9 Å². The number of amides is 1. The maximum absolute atomic E-state index is 13.2. The van der Waals surface area contributed by atoms with Gasteiger partial charge in [0.1, 0.15) is 5.82 Å². The number of benzene rings is 2. The molecule has 3 nitrogen and oxygen atoms in total. The Morgan fingerprint density at radius 1 is 1.07 bits per heavy atom. The van der Waals surface area contributed by atoms with Gasteiger partial charge in [-0.05, 0) is 67.1 Å². The molecule has 1 saturated heterocycles. The number of hydrogen-bond acceptors (Lipinski definition) is 2. The average Bonchev–Trinajstić information content (AvgIpc) is 2.68. The third-order valence-electron chi connectivity index (χ3n) is 5.32. The molecule has 1 heterocycles. The van der Waals surface area contributed by atoms with Gasteiger partial charge in [0.2, 0.25) is 5.91 Å². The van der Waals surface area contributed by atoms with E-state index in [-0.39, 0.29) is 11.7 Å². The first-order chi connectivity index (χ1) is 13.1. The average molecular weight is 368 g/mol. The lowest BCUT2D eigenvalue weighted by molar-refractivity contribution is -0.121. The Bertz CT molecular complexity index is 736. The van der Waals surface area contributed by atoms with E-state index < -0.39 is 0 Å². The number of hydrogen-bond donors (Lipinski definition) is 1. The van der Waals surface area contributed by atoms with Gasteiger partial charge in [-0.15, -0.1) is 0 Å². The molecule has 0 atom stereocenters. The normalized spacial score (nSPS) is 15.6. The topological polar surface area (TPSA) is 32.3 Å². The van der Waals surface area contributed by atoms with Crippen LogP contribution in [0.4, 0.5) is 4.39 Å². The first-order valence-electron chi connectivity index (χ1n) is 9.90. The lowest BCUT2D eigenvalue weighted by Crippen LogP contribution is -2.32. The maximum atomic E-state index is 13.2. The Labute approximate surface area is 161 Å². The van der Waals surface area contributed by atoms with Crippen molar-refractivity contribution in [2.24, 2.45) is 5.92 Å². The SMILES string of the molecule is CC1CCN(Cc2ccc(CNC(=O)CCc3cccc(F)c3)cc2)CC1. The van der Waals surface area contributed by atoms with E-state index in [1.165, 1.54) is 43.6 Å². The van der Waals surface area contributed by atoms with Gasteiger partial charge < -0.3 is 5.32 Å². The zero-order chi connectivity index (χ0) is 19.1. The number of carbonyl (C=O) groups excluding carboxylic acids is 1. The molecule has 1 aliphatic heterocycles. The van der Waals surface area contributed by atoms with Gasteiger partial charge in [0, 0.05) is 19.5 Å². The third kappa shape index (κ3) is 6.47. The minimum Gasteiger partial charge on any atom is -0.352 e. The Morgan fingerprint density at radius 2 is 1.78 bits per heavy atom. The van der Waals surface area contributed by atoms with Crippen LogP contribution in [0.25, 0.3) is 0 Å². The summed E-state index contributed by atoms with van der Waals surface area (Å²) >= 11 is 0. The molecule has 27 heavy (non-hydrogen) atoms. The molecule has 1 amide bonds. The summed E-state index contributed by atoms with van der Waals surface area (Å²) in [4.78, 5) is 14.5. The van der Waals surface area contributed by atoms with Gasteiger partial charge in [-0.25, -0.2) is 4.39 Å². The van der Waals surface area contributed by atoms with E-state index in [1.807, 2.05) is 6.07 Å². The van der Waals surface area contributed by atoms with Gasteiger partial charge in [-0.3, -0.25) is 9.69 Å². The summed E-state index contributed by atoms with van der Waals surface area (Å²) in [5.74, 6) is 0.589. The minimum atomic E-state index is -0.257. The first kappa shape index (κ1) is 19.6. The van der Waals surface area contributed by atoms with Crippen LogP contribution >= 0.6 is 0 Å². The van der Waals surface area contributed by atoms with Crippen molar-refractivity contribution in [1.29, 1.82) is 0 Å². The van der Waals surface area contributed by atoms with Crippen LogP contribution in [-0.2, 0) is 24.3 Å². The molecule has 2 aromatic rings. The van der Waals surface area contributed by atoms with Crippen molar-refractivity contribution >= 4 is 5.91 Å². The van der Waals surface area contributed by atoms with Gasteiger partial charge in [-0.1, -0.05) is 43.3 Å². The van der Waals surface area contributed by atoms with E-state index in [9.17, 15) is 9.18 Å². The van der Waals surface area contributed by atoms with Crippen molar-refractivity contribution in [2.45, 2.75) is 45.7 Å². The number of likely N-dealkylation sites (tertiary alicyclic amines) is 1. The number of piperidine rings is 1. The summed E-state index contributed by atoms with van der Waals surface area (Å²) in [5.41, 5.74) is 3.28. The van der Waals surface area contributed by atoms with Gasteiger partial charge in [0.15, 0.2) is 0 Å². The van der Waals surface area contributed by atoms with Crippen LogP contribution in [0.5, 0.6) is 0 Å². The summed E-state index contributed by atoms with van der Waals surface area (Å²) in [5, 5.41) is 2.95. The minimum absolute atomic E-state index is 0.00854. The predicted molar refractivity (Wildman–Crippen MR) is 107 cm³/mol. The van der Waals surface area contributed by atoms with Crippen LogP contribution in [0, 0.1) is 11.7 Å². The quantitative estimate of drug-likeness (QED) is 0.790. The van der Waals surface area contributed by atoms with E-state index in [2.05, 4.69) is 41.4 Å². The fraction of sp³-hybridized carbons (Fsp3) is 0.435. The van der Waals surface area contributed by atoms with Crippen LogP contribution in [0.2, 0.25) is 0 Å². The summed E-state index contributed by atoms with van der Waals surface area (Å²) < 4.78 is 13.2. The third-order valence-corrected chi connectivity index (χ3v) is 5.32. The second-order valence-corrected chi connectivity index (χ2v) is 7.68. The predicted octanol–water partition coefficient (Wildman–Crippen LogP) is 4.31. The Morgan fingerprint density at radius 3 is 2.48 bits per heavy atom. The van der Waals surface area contributed by atoms with Crippen LogP contribution in [0.3, 0.4) is 0 Å². The molecule has 1 fully saturated rings. The molecule has 144 valence electrons. The highest BCUT2D eigenvalue weighted by atomic mass is 19.1. The smallest absolute Gasteiger partial charge is 0.220 e. The second-order valence-electron chi connectivity index (χ2n) is 7.68. The zero-order valence-electron chi connectivity index (χ0n) is 16.1. The largest absolute Gasteiger partial charge is 0.352 e. The summed E-state index contributed by atoms with van der Waals surface area (Å²) in [6.07, 6.45) is 3.51. The molecule has 0 spiro atoms. The van der Waals surface area contributed by atoms with Crippen molar-refractivity contribution < 1.29 is 9.18 Å². The Kier molecular flexibility index (Phi) is 6.99. The lowest BCUT2D eigenvalue weighted by atomic mass is 9.99. The van der Waals surface area contributed by atoms with E-state index >= 15 is 0 Å². The van der Waals surface area contributed by atoms with Crippen LogP contribution < -0.4 is 5.32 Å². The number of aryl methyl sites for hydroxylation is 1. The molecule has 2 aromatic carbocycles. The number of rotatable bonds is 7. The lowest BCUT2D eigenvalue weighted by Gasteiger charge is -2.30. The second kappa shape index (κ2) is 9.65. The van der Waals surface area contributed by atoms with Crippen molar-refractivity contribution in [3.05, 3.63) is 71.0 Å². The molecule has 1 aliphatic rings. The monoisotopic (exact) mass is 368 g/mol. The highest BCUT2D eigenvalue weighted by molar-refractivity contribution is 5.76. The first-order valence-corrected chi connectivity index (χ1v) is 9.90. The molecule has 4 heteroatoms. The van der Waals surface area contributed by atoms with Gasteiger partial charge in [0.05, 0.1) is 0 Å². The van der Waals surface area contributed by atoms with Crippen molar-refractivity contribution in [3.63, 3.8) is 0 Å². The number of carbonyl (C=O) groups is 1. The van der Waals surface area contributed by atoms with Gasteiger partial charge in [-0.2, -0.15) is 0 Å². The van der Waals surface area contributed by atoms with E-state index in [0.29, 0.717) is 19.4 Å². The molecule has 0 aromatic heterocycles. The van der Waals surface area contributed by atoms with Crippen LogP contribution in [-0.4, -0.2) is 23.9 Å². The fourth-order valence-corrected chi connectivity index (χ4v) is 3.48. The van der Waals surface area contributed by atoms with Crippen molar-refractivity contribution in [1.82, 2.24) is 10.2 Å². The summed E-state index contributed by atoms with van der Waals surface area (Å²) in [6, 6.07) is 14.9. The zero-order valence-corrected chi connectivity index (χ0v) is 16.1. The molecule has 0 unspecified atom stereocenters. The van der Waals surface area contributed by atoms with E-state index in [1.54, 1.807) is 6.07 Å². The molecular weight excluding hydrogens is 339 g/mol. The maximum Gasteiger partial charge on any atom is 0.220 e. The number of nitrogens with zero attached hydrogens (tertiary/aromatic N) is 1. The molecule has 0 aliphatic carbocycles. The Hall–Kier alpha value is -2.20. The molecule has 1 N–H and O–H groups in total. The van der Waals surface area contributed by atoms with E-state index in [0.717, 1.165) is 23.6 Å². The standard InChI is InChI=1S/C23H29FN2O/c1-18-11-13-26(14-12-18)17-21-7-5-20(6-8-21)16-25-23(27)10-9-19-3-2-4-22(24)15-19/h2-8,15,18H,9-14,16-17H2,1H3,(H,25,27). The van der Waals surface area contributed by atoms with Gasteiger partial charge >= 0.3 is 0 Å². The van der Waals surface area contributed by atoms with Gasteiger partial charge in [0.25, 0.3) is 0 Å². The molecular formula is C23H29FN2O. The molecule has 0 bridgehead atoms. The Balaban J connectivity index is 1.39. The summed E-state index contributed by atoms with van der Waals surface area (Å²) in [7, 11) is 0. The highest BCUT2D eigenvalue weighted by Gasteiger charge is 2.15. The molecule has 3 rings (SSSR count). The number of nitrogens with one attached hydrogen (secondary N) is 1. The number of halogens is 1. The van der Waals surface area contributed by atoms with Crippen molar-refractivity contribution in [2.75, 3.05) is 13.1 Å². The summed E-state index contributed by atoms with van der Waals surface area (Å²) in [6.45, 7) is 6.24. The van der Waals surface area contributed by atoms with Crippen molar-refractivity contribution in [3.8, 4) is 0 Å². The fourth-order valence-electron chi connectivity index (χ4n) is 3.48. The van der Waals surface area contributed by atoms with E-state index in [4.69, 9.17) is 0 Å². The highest BCUT2D eigenvalue weighted by Crippen LogP contribution is 2.18. The molecule has 0 radical (unpaired) electrons. The molecule has 0 saturated carbocycles. The van der Waals surface area contributed by atoms with Crippen LogP contribution in [0.15, 0.2) is 48.5 Å².